The summed E-state index contributed by atoms with van der Waals surface area (Å²) in [4.78, 5) is 17.9. The number of nitrogens with one attached hydrogen (secondary N) is 1. The van der Waals surface area contributed by atoms with Crippen molar-refractivity contribution in [3.63, 3.8) is 0 Å². The molecule has 2 aromatic rings. The molecule has 0 spiro atoms. The molecule has 1 aromatic carbocycles. The van der Waals surface area contributed by atoms with E-state index >= 15 is 0 Å². The summed E-state index contributed by atoms with van der Waals surface area (Å²) in [5.41, 5.74) is 1.97. The lowest BCUT2D eigenvalue weighted by molar-refractivity contribution is 0.00578. The van der Waals surface area contributed by atoms with E-state index in [0.717, 1.165) is 42.4 Å². The van der Waals surface area contributed by atoms with Crippen LogP contribution in [-0.2, 0) is 9.31 Å². The summed E-state index contributed by atoms with van der Waals surface area (Å²) in [5, 5.41) is 0. The molecule has 0 aliphatic carbocycles. The third-order valence-corrected chi connectivity index (χ3v) is 6.32. The third-order valence-electron chi connectivity index (χ3n) is 6.32. The Balaban J connectivity index is 1.67. The second kappa shape index (κ2) is 5.97. The highest BCUT2D eigenvalue weighted by Gasteiger charge is 2.51. The summed E-state index contributed by atoms with van der Waals surface area (Å²) in [6.45, 7) is 10.2. The molecule has 3 heterocycles. The first kappa shape index (κ1) is 17.8. The average molecular weight is 357 g/mol. The lowest BCUT2D eigenvalue weighted by atomic mass is 9.79. The van der Waals surface area contributed by atoms with Crippen LogP contribution in [0.3, 0.4) is 0 Å². The van der Waals surface area contributed by atoms with Crippen molar-refractivity contribution in [3.8, 4) is 0 Å². The minimum Gasteiger partial charge on any atom is -0.399 e. The maximum Gasteiger partial charge on any atom is 0.494 e. The van der Waals surface area contributed by atoms with Crippen molar-refractivity contribution in [1.29, 1.82) is 0 Å². The molecule has 7 heteroatoms. The first-order chi connectivity index (χ1) is 12.2. The molecule has 0 unspecified atom stereocenters. The van der Waals surface area contributed by atoms with Crippen LogP contribution in [0.25, 0.3) is 11.0 Å². The minimum atomic E-state index is -0.417. The van der Waals surface area contributed by atoms with Crippen LogP contribution in [0.5, 0.6) is 0 Å². The second-order valence-electron chi connectivity index (χ2n) is 8.70. The topological polar surface area (TPSA) is 59.5 Å². The van der Waals surface area contributed by atoms with E-state index in [1.54, 1.807) is 0 Å². The molecule has 0 amide bonds. The van der Waals surface area contributed by atoms with Gasteiger partial charge in [0.05, 0.1) is 22.2 Å². The van der Waals surface area contributed by atoms with E-state index in [4.69, 9.17) is 9.31 Å². The van der Waals surface area contributed by atoms with Gasteiger partial charge in [-0.2, -0.15) is 0 Å². The zero-order chi connectivity index (χ0) is 18.7. The third kappa shape index (κ3) is 2.82. The predicted molar refractivity (Wildman–Crippen MR) is 104 cm³/mol. The van der Waals surface area contributed by atoms with Crippen LogP contribution in [0, 0.1) is 0 Å². The Kier molecular flexibility index (Phi) is 4.10. The van der Waals surface area contributed by atoms with E-state index in [9.17, 15) is 4.79 Å². The molecule has 140 valence electrons. The lowest BCUT2D eigenvalue weighted by Crippen LogP contribution is -2.41. The summed E-state index contributed by atoms with van der Waals surface area (Å²) in [5.74, 6) is 0. The van der Waals surface area contributed by atoms with Crippen molar-refractivity contribution in [1.82, 2.24) is 14.5 Å². The Morgan fingerprint density at radius 1 is 1.12 bits per heavy atom. The van der Waals surface area contributed by atoms with Gasteiger partial charge < -0.3 is 19.2 Å². The highest BCUT2D eigenvalue weighted by atomic mass is 16.7. The summed E-state index contributed by atoms with van der Waals surface area (Å²) >= 11 is 0. The zero-order valence-electron chi connectivity index (χ0n) is 16.3. The molecular weight excluding hydrogens is 329 g/mol. The van der Waals surface area contributed by atoms with Gasteiger partial charge in [0, 0.05) is 6.04 Å². The van der Waals surface area contributed by atoms with Gasteiger partial charge in [0.1, 0.15) is 0 Å². The average Bonchev–Trinajstić information content (AvgIpc) is 3.00. The first-order valence-corrected chi connectivity index (χ1v) is 9.46. The summed E-state index contributed by atoms with van der Waals surface area (Å²) in [7, 11) is 1.71. The largest absolute Gasteiger partial charge is 0.494 e. The maximum atomic E-state index is 12.6. The fourth-order valence-corrected chi connectivity index (χ4v) is 3.89. The standard InChI is InChI=1S/C19H28BN3O3/c1-18(2)19(3,4)26-20(25-18)13-6-7-16-15(12-13)21-17(24)23(16)14-8-10-22(5)11-9-14/h6-7,12,14H,8-11H2,1-5H3,(H,21,24). The van der Waals surface area contributed by atoms with Crippen LogP contribution >= 0.6 is 0 Å². The number of aromatic nitrogens is 2. The molecule has 1 N–H and O–H groups in total. The highest BCUT2D eigenvalue weighted by Crippen LogP contribution is 2.36. The first-order valence-electron chi connectivity index (χ1n) is 9.46. The van der Waals surface area contributed by atoms with E-state index in [-0.39, 0.29) is 22.9 Å². The number of imidazole rings is 1. The number of benzene rings is 1. The lowest BCUT2D eigenvalue weighted by Gasteiger charge is -2.32. The highest BCUT2D eigenvalue weighted by molar-refractivity contribution is 6.62. The predicted octanol–water partition coefficient (Wildman–Crippen LogP) is 1.90. The van der Waals surface area contributed by atoms with Gasteiger partial charge in [-0.3, -0.25) is 4.57 Å². The molecule has 2 aliphatic rings. The van der Waals surface area contributed by atoms with E-state index in [0.29, 0.717) is 0 Å². The molecule has 2 aliphatic heterocycles. The van der Waals surface area contributed by atoms with Crippen molar-refractivity contribution < 1.29 is 9.31 Å². The van der Waals surface area contributed by atoms with Gasteiger partial charge in [-0.1, -0.05) is 6.07 Å². The molecule has 6 nitrogen and oxygen atoms in total. The quantitative estimate of drug-likeness (QED) is 0.834. The number of H-pyrrole nitrogens is 1. The number of likely N-dealkylation sites (tertiary alicyclic amines) is 1. The molecule has 2 fully saturated rings. The number of nitrogens with zero attached hydrogens (tertiary/aromatic N) is 2. The Morgan fingerprint density at radius 2 is 1.73 bits per heavy atom. The number of piperidine rings is 1. The SMILES string of the molecule is CN1CCC(n2c(=O)[nH]c3cc(B4OC(C)(C)C(C)(C)O4)ccc32)CC1. The summed E-state index contributed by atoms with van der Waals surface area (Å²) in [6, 6.07) is 6.29. The van der Waals surface area contributed by atoms with Gasteiger partial charge in [0.15, 0.2) is 0 Å². The Morgan fingerprint density at radius 3 is 2.35 bits per heavy atom. The number of hydrogen-bond acceptors (Lipinski definition) is 4. The molecular formula is C19H28BN3O3. The summed E-state index contributed by atoms with van der Waals surface area (Å²) < 4.78 is 14.2. The van der Waals surface area contributed by atoms with Crippen molar-refractivity contribution in [2.75, 3.05) is 20.1 Å². The monoisotopic (exact) mass is 357 g/mol. The molecule has 26 heavy (non-hydrogen) atoms. The van der Waals surface area contributed by atoms with E-state index < -0.39 is 7.12 Å². The molecule has 4 rings (SSSR count). The normalized spacial score (nSPS) is 23.8. The second-order valence-corrected chi connectivity index (χ2v) is 8.70. The van der Waals surface area contributed by atoms with Crippen LogP contribution in [0.2, 0.25) is 0 Å². The van der Waals surface area contributed by atoms with Crippen LogP contribution in [0.4, 0.5) is 0 Å². The fourth-order valence-electron chi connectivity index (χ4n) is 3.89. The van der Waals surface area contributed by atoms with Crippen LogP contribution in [-0.4, -0.2) is 52.9 Å². The molecule has 1 aromatic heterocycles. The molecule has 0 radical (unpaired) electrons. The zero-order valence-corrected chi connectivity index (χ0v) is 16.3. The van der Waals surface area contributed by atoms with Gasteiger partial charge >= 0.3 is 12.8 Å². The number of hydrogen-bond donors (Lipinski definition) is 1. The van der Waals surface area contributed by atoms with E-state index in [2.05, 4.69) is 16.9 Å². The van der Waals surface area contributed by atoms with E-state index in [1.807, 2.05) is 50.5 Å². The van der Waals surface area contributed by atoms with E-state index in [1.165, 1.54) is 0 Å². The molecule has 0 bridgehead atoms. The van der Waals surface area contributed by atoms with Crippen molar-refractivity contribution in [2.24, 2.45) is 0 Å². The minimum absolute atomic E-state index is 0.0272. The molecule has 0 saturated carbocycles. The number of aromatic amines is 1. The van der Waals surface area contributed by atoms with Gasteiger partial charge in [-0.05, 0) is 78.3 Å². The molecule has 2 saturated heterocycles. The maximum absolute atomic E-state index is 12.6. The fraction of sp³-hybridized carbons (Fsp3) is 0.632. The summed E-state index contributed by atoms with van der Waals surface area (Å²) in [6.07, 6.45) is 2.00. The smallest absolute Gasteiger partial charge is 0.399 e. The van der Waals surface area contributed by atoms with Crippen molar-refractivity contribution >= 4 is 23.6 Å². The van der Waals surface area contributed by atoms with Crippen LogP contribution < -0.4 is 11.2 Å². The Labute approximate surface area is 154 Å². The Bertz CT molecular complexity index is 862. The van der Waals surface area contributed by atoms with Crippen LogP contribution in [0.1, 0.15) is 46.6 Å². The van der Waals surface area contributed by atoms with Crippen molar-refractivity contribution in [2.45, 2.75) is 57.8 Å². The Hall–Kier alpha value is -1.57. The van der Waals surface area contributed by atoms with Gasteiger partial charge in [0.2, 0.25) is 0 Å². The van der Waals surface area contributed by atoms with Crippen molar-refractivity contribution in [3.05, 3.63) is 28.7 Å². The van der Waals surface area contributed by atoms with Gasteiger partial charge in [0.25, 0.3) is 0 Å². The number of fused-ring (bicyclic) bond motifs is 1. The van der Waals surface area contributed by atoms with Gasteiger partial charge in [-0.25, -0.2) is 4.79 Å². The number of rotatable bonds is 2. The molecule has 0 atom stereocenters. The van der Waals surface area contributed by atoms with Gasteiger partial charge in [-0.15, -0.1) is 0 Å². The van der Waals surface area contributed by atoms with Crippen LogP contribution in [0.15, 0.2) is 23.0 Å².